The minimum atomic E-state index is 0.584. The van der Waals surface area contributed by atoms with Gasteiger partial charge >= 0.3 is 0 Å². The lowest BCUT2D eigenvalue weighted by Gasteiger charge is -2.23. The van der Waals surface area contributed by atoms with Crippen LogP contribution in [0.15, 0.2) is 35.5 Å². The lowest BCUT2D eigenvalue weighted by Crippen LogP contribution is -2.38. The van der Waals surface area contributed by atoms with E-state index in [0.717, 1.165) is 18.1 Å². The van der Waals surface area contributed by atoms with E-state index in [4.69, 9.17) is 14.2 Å². The minimum Gasteiger partial charge on any atom is -0.493 e. The number of aryl methyl sites for hydroxylation is 1. The van der Waals surface area contributed by atoms with Crippen molar-refractivity contribution in [2.24, 2.45) is 12.0 Å². The number of methoxy groups -OCH3 is 3. The molecule has 0 spiro atoms. The fraction of sp³-hybridized carbons (Fsp3) is 0.421. The van der Waals surface area contributed by atoms with Crippen LogP contribution in [0.2, 0.25) is 0 Å². The van der Waals surface area contributed by atoms with Crippen LogP contribution in [0.1, 0.15) is 11.3 Å². The van der Waals surface area contributed by atoms with Crippen molar-refractivity contribution in [1.29, 1.82) is 0 Å². The molecule has 7 heteroatoms. The highest BCUT2D eigenvalue weighted by Gasteiger charge is 2.14. The maximum atomic E-state index is 5.41. The van der Waals surface area contributed by atoms with E-state index in [9.17, 15) is 0 Å². The zero-order valence-corrected chi connectivity index (χ0v) is 16.4. The summed E-state index contributed by atoms with van der Waals surface area (Å²) < 4.78 is 18.3. The van der Waals surface area contributed by atoms with Crippen LogP contribution in [0.5, 0.6) is 17.2 Å². The quantitative estimate of drug-likeness (QED) is 0.606. The van der Waals surface area contributed by atoms with Gasteiger partial charge in [-0.15, -0.1) is 0 Å². The summed E-state index contributed by atoms with van der Waals surface area (Å²) in [7, 11) is 10.6. The Balaban J connectivity index is 2.09. The van der Waals surface area contributed by atoms with Gasteiger partial charge in [-0.25, -0.2) is 0 Å². The number of hydrogen-bond donors (Lipinski definition) is 1. The number of guanidine groups is 1. The van der Waals surface area contributed by atoms with Gasteiger partial charge in [-0.1, -0.05) is 0 Å². The average molecular weight is 360 g/mol. The van der Waals surface area contributed by atoms with Crippen molar-refractivity contribution >= 4 is 5.96 Å². The summed E-state index contributed by atoms with van der Waals surface area (Å²) in [5.41, 5.74) is 2.22. The standard InChI is InChI=1S/C19H28N4O3/c1-20-19(23(3)13-15-8-7-9-22(15)2)21-12-14-10-16(24-4)18(26-6)17(11-14)25-5/h7-11H,12-13H2,1-6H3,(H,20,21). The number of benzene rings is 1. The molecule has 0 unspecified atom stereocenters. The molecule has 0 bridgehead atoms. The largest absolute Gasteiger partial charge is 0.493 e. The number of aliphatic imine (C=N–C) groups is 1. The Kier molecular flexibility index (Phi) is 6.77. The van der Waals surface area contributed by atoms with Gasteiger partial charge in [0.15, 0.2) is 17.5 Å². The first kappa shape index (κ1) is 19.5. The molecule has 7 nitrogen and oxygen atoms in total. The molecule has 0 aliphatic heterocycles. The van der Waals surface area contributed by atoms with Crippen LogP contribution < -0.4 is 19.5 Å². The molecule has 0 radical (unpaired) electrons. The molecule has 0 saturated heterocycles. The molecule has 0 fully saturated rings. The van der Waals surface area contributed by atoms with E-state index >= 15 is 0 Å². The maximum absolute atomic E-state index is 5.41. The summed E-state index contributed by atoms with van der Waals surface area (Å²) in [5.74, 6) is 2.66. The maximum Gasteiger partial charge on any atom is 0.203 e. The summed E-state index contributed by atoms with van der Waals surface area (Å²) in [6.07, 6.45) is 2.04. The van der Waals surface area contributed by atoms with Gasteiger partial charge in [-0.05, 0) is 29.8 Å². The van der Waals surface area contributed by atoms with E-state index in [1.165, 1.54) is 5.69 Å². The zero-order valence-electron chi connectivity index (χ0n) is 16.4. The Hall–Kier alpha value is -2.83. The average Bonchev–Trinajstić information content (AvgIpc) is 3.05. The molecule has 142 valence electrons. The van der Waals surface area contributed by atoms with Gasteiger partial charge in [0.2, 0.25) is 5.75 Å². The number of aromatic nitrogens is 1. The van der Waals surface area contributed by atoms with E-state index in [1.54, 1.807) is 28.4 Å². The molecule has 2 aromatic rings. The predicted octanol–water partition coefficient (Wildman–Crippen LogP) is 2.26. The van der Waals surface area contributed by atoms with Gasteiger partial charge in [0, 0.05) is 39.6 Å². The lowest BCUT2D eigenvalue weighted by atomic mass is 10.2. The highest BCUT2D eigenvalue weighted by atomic mass is 16.5. The molecular weight excluding hydrogens is 332 g/mol. The molecule has 2 rings (SSSR count). The number of rotatable bonds is 7. The second-order valence-electron chi connectivity index (χ2n) is 5.90. The van der Waals surface area contributed by atoms with Crippen LogP contribution in [0.25, 0.3) is 0 Å². The van der Waals surface area contributed by atoms with Gasteiger partial charge in [0.25, 0.3) is 0 Å². The molecule has 0 aliphatic carbocycles. The van der Waals surface area contributed by atoms with Gasteiger partial charge in [-0.3, -0.25) is 4.99 Å². The fourth-order valence-electron chi connectivity index (χ4n) is 2.78. The van der Waals surface area contributed by atoms with Crippen molar-refractivity contribution in [2.75, 3.05) is 35.4 Å². The Bertz CT molecular complexity index is 730. The second kappa shape index (κ2) is 9.03. The highest BCUT2D eigenvalue weighted by Crippen LogP contribution is 2.38. The van der Waals surface area contributed by atoms with Crippen molar-refractivity contribution in [3.8, 4) is 17.2 Å². The topological polar surface area (TPSA) is 60.3 Å². The van der Waals surface area contributed by atoms with E-state index < -0.39 is 0 Å². The molecule has 0 amide bonds. The van der Waals surface area contributed by atoms with Crippen LogP contribution in [-0.2, 0) is 20.1 Å². The van der Waals surface area contributed by atoms with Crippen LogP contribution in [0.4, 0.5) is 0 Å². The summed E-state index contributed by atoms with van der Waals surface area (Å²) in [6, 6.07) is 8.00. The van der Waals surface area contributed by atoms with E-state index in [0.29, 0.717) is 23.8 Å². The number of ether oxygens (including phenoxy) is 3. The Labute approximate surface area is 155 Å². The first-order valence-electron chi connectivity index (χ1n) is 8.34. The number of nitrogens with one attached hydrogen (secondary N) is 1. The van der Waals surface area contributed by atoms with Crippen molar-refractivity contribution in [3.05, 3.63) is 41.7 Å². The second-order valence-corrected chi connectivity index (χ2v) is 5.90. The third-order valence-electron chi connectivity index (χ3n) is 4.20. The summed E-state index contributed by atoms with van der Waals surface area (Å²) >= 11 is 0. The third-order valence-corrected chi connectivity index (χ3v) is 4.20. The van der Waals surface area contributed by atoms with Gasteiger partial charge in [0.05, 0.1) is 27.9 Å². The molecule has 1 N–H and O–H groups in total. The lowest BCUT2D eigenvalue weighted by molar-refractivity contribution is 0.323. The number of nitrogens with zero attached hydrogens (tertiary/aromatic N) is 3. The normalized spacial score (nSPS) is 11.2. The van der Waals surface area contributed by atoms with Crippen LogP contribution in [-0.4, -0.2) is 50.9 Å². The molecule has 1 aromatic carbocycles. The zero-order chi connectivity index (χ0) is 19.1. The molecule has 0 saturated carbocycles. The van der Waals surface area contributed by atoms with Crippen molar-refractivity contribution in [2.45, 2.75) is 13.1 Å². The first-order chi connectivity index (χ1) is 12.5. The number of hydrogen-bond acceptors (Lipinski definition) is 4. The van der Waals surface area contributed by atoms with E-state index in [-0.39, 0.29) is 0 Å². The highest BCUT2D eigenvalue weighted by molar-refractivity contribution is 5.79. The molecule has 1 aromatic heterocycles. The van der Waals surface area contributed by atoms with Crippen LogP contribution in [0, 0.1) is 0 Å². The van der Waals surface area contributed by atoms with Crippen molar-refractivity contribution < 1.29 is 14.2 Å². The minimum absolute atomic E-state index is 0.584. The Morgan fingerprint density at radius 2 is 1.81 bits per heavy atom. The first-order valence-corrected chi connectivity index (χ1v) is 8.34. The van der Waals surface area contributed by atoms with E-state index in [1.807, 2.05) is 38.5 Å². The summed E-state index contributed by atoms with van der Waals surface area (Å²) in [4.78, 5) is 6.44. The van der Waals surface area contributed by atoms with Crippen LogP contribution in [0.3, 0.4) is 0 Å². The molecule has 0 aliphatic rings. The van der Waals surface area contributed by atoms with Gasteiger partial charge in [-0.2, -0.15) is 0 Å². The predicted molar refractivity (Wildman–Crippen MR) is 103 cm³/mol. The summed E-state index contributed by atoms with van der Waals surface area (Å²) in [5, 5.41) is 3.37. The Morgan fingerprint density at radius 1 is 1.15 bits per heavy atom. The van der Waals surface area contributed by atoms with E-state index in [2.05, 4.69) is 25.8 Å². The molecule has 1 heterocycles. The molecule has 0 atom stereocenters. The van der Waals surface area contributed by atoms with Crippen molar-refractivity contribution in [3.63, 3.8) is 0 Å². The monoisotopic (exact) mass is 360 g/mol. The molecular formula is C19H28N4O3. The SMILES string of the molecule is CN=C(NCc1cc(OC)c(OC)c(OC)c1)N(C)Cc1cccn1C. The van der Waals surface area contributed by atoms with Crippen molar-refractivity contribution in [1.82, 2.24) is 14.8 Å². The van der Waals surface area contributed by atoms with Crippen LogP contribution >= 0.6 is 0 Å². The van der Waals surface area contributed by atoms with Gasteiger partial charge in [0.1, 0.15) is 0 Å². The fourth-order valence-corrected chi connectivity index (χ4v) is 2.78. The van der Waals surface area contributed by atoms with Gasteiger partial charge < -0.3 is 29.0 Å². The summed E-state index contributed by atoms with van der Waals surface area (Å²) in [6.45, 7) is 1.35. The molecule has 26 heavy (non-hydrogen) atoms. The smallest absolute Gasteiger partial charge is 0.203 e. The Morgan fingerprint density at radius 3 is 2.27 bits per heavy atom. The third kappa shape index (κ3) is 4.41.